The maximum atomic E-state index is 13.6. The summed E-state index contributed by atoms with van der Waals surface area (Å²) in [5, 5.41) is 5.02. The minimum Gasteiger partial charge on any atom is -0.351 e. The van der Waals surface area contributed by atoms with Gasteiger partial charge in [0.05, 0.1) is 5.69 Å². The van der Waals surface area contributed by atoms with E-state index >= 15 is 0 Å². The number of nitrogens with zero attached hydrogens (tertiary/aromatic N) is 2. The van der Waals surface area contributed by atoms with Crippen molar-refractivity contribution in [3.05, 3.63) is 59.4 Å². The number of amides is 2. The monoisotopic (exact) mass is 348 g/mol. The molecule has 0 atom stereocenters. The molecular formula is C17H18F2N4O2. The lowest BCUT2D eigenvalue weighted by Crippen LogP contribution is -2.31. The normalized spacial score (nSPS) is 10.6. The largest absolute Gasteiger partial charge is 0.351 e. The number of pyridine rings is 1. The number of nitrogens with one attached hydrogen (secondary N) is 2. The van der Waals surface area contributed by atoms with Crippen LogP contribution < -0.4 is 10.6 Å². The Balaban J connectivity index is 2.06. The van der Waals surface area contributed by atoms with E-state index in [1.165, 1.54) is 18.3 Å². The molecule has 132 valence electrons. The van der Waals surface area contributed by atoms with E-state index < -0.39 is 17.5 Å². The van der Waals surface area contributed by atoms with Gasteiger partial charge in [0.1, 0.15) is 17.3 Å². The van der Waals surface area contributed by atoms with Crippen LogP contribution in [0.1, 0.15) is 20.8 Å². The molecule has 0 fully saturated rings. The van der Waals surface area contributed by atoms with Crippen LogP contribution in [0.2, 0.25) is 0 Å². The van der Waals surface area contributed by atoms with Gasteiger partial charge in [-0.2, -0.15) is 0 Å². The van der Waals surface area contributed by atoms with E-state index in [0.29, 0.717) is 19.2 Å². The smallest absolute Gasteiger partial charge is 0.274 e. The van der Waals surface area contributed by atoms with Crippen molar-refractivity contribution in [2.24, 2.45) is 0 Å². The van der Waals surface area contributed by atoms with Gasteiger partial charge in [-0.05, 0) is 38.4 Å². The Labute approximate surface area is 143 Å². The lowest BCUT2D eigenvalue weighted by atomic mass is 10.2. The minimum atomic E-state index is -0.897. The number of aromatic nitrogens is 1. The predicted molar refractivity (Wildman–Crippen MR) is 89.4 cm³/mol. The first-order chi connectivity index (χ1) is 11.9. The van der Waals surface area contributed by atoms with Gasteiger partial charge in [-0.1, -0.05) is 0 Å². The highest BCUT2D eigenvalue weighted by Crippen LogP contribution is 2.16. The standard InChI is InChI=1S/C17H18F2N4O2/c1-23(2)8-7-21-16(24)11-5-6-20-15(9-11)17(25)22-14-4-3-12(18)10-13(14)19/h3-6,9-10H,7-8H2,1-2H3,(H,21,24)(H,22,25). The summed E-state index contributed by atoms with van der Waals surface area (Å²) in [4.78, 5) is 30.0. The van der Waals surface area contributed by atoms with Gasteiger partial charge in [0.25, 0.3) is 11.8 Å². The van der Waals surface area contributed by atoms with E-state index in [4.69, 9.17) is 0 Å². The zero-order chi connectivity index (χ0) is 18.4. The van der Waals surface area contributed by atoms with Crippen molar-refractivity contribution in [3.8, 4) is 0 Å². The van der Waals surface area contributed by atoms with E-state index in [0.717, 1.165) is 12.1 Å². The molecule has 0 aliphatic carbocycles. The first kappa shape index (κ1) is 18.5. The molecule has 2 N–H and O–H groups in total. The third kappa shape index (κ3) is 5.32. The molecule has 0 radical (unpaired) electrons. The fourth-order valence-corrected chi connectivity index (χ4v) is 1.97. The van der Waals surface area contributed by atoms with E-state index in [9.17, 15) is 18.4 Å². The fraction of sp³-hybridized carbons (Fsp3) is 0.235. The number of likely N-dealkylation sites (N-methyl/N-ethyl adjacent to an activating group) is 1. The maximum absolute atomic E-state index is 13.6. The van der Waals surface area contributed by atoms with Crippen LogP contribution in [0.3, 0.4) is 0 Å². The van der Waals surface area contributed by atoms with Crippen molar-refractivity contribution in [2.75, 3.05) is 32.5 Å². The first-order valence-corrected chi connectivity index (χ1v) is 7.52. The molecule has 1 aromatic carbocycles. The van der Waals surface area contributed by atoms with Crippen LogP contribution in [0.4, 0.5) is 14.5 Å². The number of hydrogen-bond acceptors (Lipinski definition) is 4. The summed E-state index contributed by atoms with van der Waals surface area (Å²) in [6, 6.07) is 5.58. The van der Waals surface area contributed by atoms with Gasteiger partial charge in [-0.25, -0.2) is 8.78 Å². The molecule has 1 heterocycles. The molecule has 2 aromatic rings. The third-order valence-electron chi connectivity index (χ3n) is 3.28. The van der Waals surface area contributed by atoms with E-state index in [1.807, 2.05) is 19.0 Å². The molecule has 0 saturated heterocycles. The highest BCUT2D eigenvalue weighted by Gasteiger charge is 2.14. The fourth-order valence-electron chi connectivity index (χ4n) is 1.97. The second kappa shape index (κ2) is 8.29. The number of carbonyl (C=O) groups is 2. The van der Waals surface area contributed by atoms with Crippen molar-refractivity contribution in [1.82, 2.24) is 15.2 Å². The highest BCUT2D eigenvalue weighted by molar-refractivity contribution is 6.04. The van der Waals surface area contributed by atoms with E-state index in [2.05, 4.69) is 15.6 Å². The average molecular weight is 348 g/mol. The van der Waals surface area contributed by atoms with Crippen LogP contribution in [0.5, 0.6) is 0 Å². The Morgan fingerprint density at radius 3 is 2.56 bits per heavy atom. The minimum absolute atomic E-state index is 0.0519. The molecule has 0 saturated carbocycles. The van der Waals surface area contributed by atoms with Gasteiger partial charge in [0.15, 0.2) is 0 Å². The summed E-state index contributed by atoms with van der Waals surface area (Å²) in [5.41, 5.74) is 0.0384. The van der Waals surface area contributed by atoms with Crippen molar-refractivity contribution in [2.45, 2.75) is 0 Å². The van der Waals surface area contributed by atoms with E-state index in [1.54, 1.807) is 0 Å². The van der Waals surface area contributed by atoms with Crippen LogP contribution in [0, 0.1) is 11.6 Å². The summed E-state index contributed by atoms with van der Waals surface area (Å²) in [6.07, 6.45) is 1.32. The molecule has 0 unspecified atom stereocenters. The predicted octanol–water partition coefficient (Wildman–Crippen LogP) is 1.90. The van der Waals surface area contributed by atoms with Crippen molar-refractivity contribution >= 4 is 17.5 Å². The van der Waals surface area contributed by atoms with Crippen molar-refractivity contribution in [3.63, 3.8) is 0 Å². The zero-order valence-corrected chi connectivity index (χ0v) is 13.8. The van der Waals surface area contributed by atoms with Crippen LogP contribution >= 0.6 is 0 Å². The van der Waals surface area contributed by atoms with Crippen molar-refractivity contribution < 1.29 is 18.4 Å². The number of carbonyl (C=O) groups excluding carboxylic acids is 2. The lowest BCUT2D eigenvalue weighted by Gasteiger charge is -2.11. The zero-order valence-electron chi connectivity index (χ0n) is 13.8. The number of benzene rings is 1. The molecule has 25 heavy (non-hydrogen) atoms. The maximum Gasteiger partial charge on any atom is 0.274 e. The Hall–Kier alpha value is -2.87. The number of rotatable bonds is 6. The average Bonchev–Trinajstić information content (AvgIpc) is 2.57. The number of anilines is 1. The second-order valence-corrected chi connectivity index (χ2v) is 5.57. The number of hydrogen-bond donors (Lipinski definition) is 2. The molecular weight excluding hydrogens is 330 g/mol. The molecule has 0 aliphatic heterocycles. The molecule has 8 heteroatoms. The molecule has 2 amide bonds. The summed E-state index contributed by atoms with van der Waals surface area (Å²) < 4.78 is 26.5. The Bertz CT molecular complexity index is 781. The Morgan fingerprint density at radius 2 is 1.88 bits per heavy atom. The van der Waals surface area contributed by atoms with Crippen LogP contribution in [-0.4, -0.2) is 48.9 Å². The summed E-state index contributed by atoms with van der Waals surface area (Å²) in [5.74, 6) is -2.68. The summed E-state index contributed by atoms with van der Waals surface area (Å²) in [6.45, 7) is 1.13. The summed E-state index contributed by atoms with van der Waals surface area (Å²) >= 11 is 0. The first-order valence-electron chi connectivity index (χ1n) is 7.52. The lowest BCUT2D eigenvalue weighted by molar-refractivity contribution is 0.0951. The molecule has 6 nitrogen and oxygen atoms in total. The summed E-state index contributed by atoms with van der Waals surface area (Å²) in [7, 11) is 3.77. The Morgan fingerprint density at radius 1 is 1.12 bits per heavy atom. The molecule has 0 spiro atoms. The third-order valence-corrected chi connectivity index (χ3v) is 3.28. The number of halogens is 2. The van der Waals surface area contributed by atoms with Crippen molar-refractivity contribution in [1.29, 1.82) is 0 Å². The topological polar surface area (TPSA) is 74.3 Å². The van der Waals surface area contributed by atoms with Crippen LogP contribution in [-0.2, 0) is 0 Å². The van der Waals surface area contributed by atoms with Gasteiger partial charge >= 0.3 is 0 Å². The van der Waals surface area contributed by atoms with E-state index in [-0.39, 0.29) is 22.9 Å². The van der Waals surface area contributed by atoms with Gasteiger partial charge < -0.3 is 15.5 Å². The van der Waals surface area contributed by atoms with Gasteiger partial charge in [-0.3, -0.25) is 14.6 Å². The molecule has 1 aromatic heterocycles. The SMILES string of the molecule is CN(C)CCNC(=O)c1ccnc(C(=O)Nc2ccc(F)cc2F)c1. The Kier molecular flexibility index (Phi) is 6.13. The highest BCUT2D eigenvalue weighted by atomic mass is 19.1. The molecule has 0 aliphatic rings. The van der Waals surface area contributed by atoms with Gasteiger partial charge in [-0.15, -0.1) is 0 Å². The van der Waals surface area contributed by atoms with Gasteiger partial charge in [0.2, 0.25) is 0 Å². The molecule has 2 rings (SSSR count). The van der Waals surface area contributed by atoms with Crippen LogP contribution in [0.15, 0.2) is 36.5 Å². The molecule has 0 bridgehead atoms. The van der Waals surface area contributed by atoms with Gasteiger partial charge in [0, 0.05) is 30.9 Å². The second-order valence-electron chi connectivity index (χ2n) is 5.57. The van der Waals surface area contributed by atoms with Crippen LogP contribution in [0.25, 0.3) is 0 Å². The quantitative estimate of drug-likeness (QED) is 0.836.